The minimum atomic E-state index is -0.360. The number of benzene rings is 2. The maximum atomic E-state index is 13.0. The maximum absolute atomic E-state index is 13.0. The Labute approximate surface area is 176 Å². The number of halogens is 1. The Morgan fingerprint density at radius 3 is 2.77 bits per heavy atom. The molecule has 0 bridgehead atoms. The topological polar surface area (TPSA) is 99.2 Å². The van der Waals surface area contributed by atoms with Gasteiger partial charge in [0.1, 0.15) is 23.2 Å². The molecule has 0 fully saturated rings. The van der Waals surface area contributed by atoms with Gasteiger partial charge >= 0.3 is 0 Å². The number of fused-ring (bicyclic) bond motifs is 1. The average molecular weight is 425 g/mol. The molecule has 4 aromatic rings. The Balaban J connectivity index is 1.57. The van der Waals surface area contributed by atoms with E-state index in [2.05, 4.69) is 15.5 Å². The number of hydrogen-bond acceptors (Lipinski definition) is 6. The first-order valence-electron chi connectivity index (χ1n) is 9.11. The fourth-order valence-corrected chi connectivity index (χ4v) is 3.28. The first kappa shape index (κ1) is 19.7. The van der Waals surface area contributed by atoms with E-state index in [1.807, 2.05) is 6.07 Å². The van der Waals surface area contributed by atoms with Crippen molar-refractivity contribution < 1.29 is 14.1 Å². The number of rotatable bonds is 6. The molecule has 1 N–H and O–H groups in total. The first-order valence-corrected chi connectivity index (χ1v) is 9.49. The lowest BCUT2D eigenvalue weighted by Crippen LogP contribution is -2.23. The van der Waals surface area contributed by atoms with Crippen LogP contribution in [0.3, 0.4) is 0 Å². The van der Waals surface area contributed by atoms with Gasteiger partial charge in [0.25, 0.3) is 11.3 Å². The summed E-state index contributed by atoms with van der Waals surface area (Å²) in [5, 5.41) is 7.41. The second-order valence-corrected chi connectivity index (χ2v) is 6.84. The number of carbonyl (C=O) groups is 1. The van der Waals surface area contributed by atoms with E-state index in [1.165, 1.54) is 18.0 Å². The zero-order valence-corrected chi connectivity index (χ0v) is 16.7. The number of nitrogens with zero attached hydrogens (tertiary/aromatic N) is 3. The molecule has 1 amide bonds. The number of hydrogen-bond donors (Lipinski definition) is 1. The monoisotopic (exact) mass is 424 g/mol. The van der Waals surface area contributed by atoms with E-state index in [0.29, 0.717) is 27.7 Å². The van der Waals surface area contributed by atoms with E-state index in [-0.39, 0.29) is 35.5 Å². The van der Waals surface area contributed by atoms with Gasteiger partial charge in [-0.2, -0.15) is 0 Å². The van der Waals surface area contributed by atoms with Crippen molar-refractivity contribution in [2.24, 2.45) is 0 Å². The molecule has 0 radical (unpaired) electrons. The minimum absolute atomic E-state index is 0.0673. The van der Waals surface area contributed by atoms with Crippen LogP contribution < -0.4 is 15.6 Å². The lowest BCUT2D eigenvalue weighted by Gasteiger charge is -2.10. The summed E-state index contributed by atoms with van der Waals surface area (Å²) in [4.78, 5) is 29.5. The van der Waals surface area contributed by atoms with Gasteiger partial charge in [-0.15, -0.1) is 0 Å². The number of para-hydroxylation sites is 2. The van der Waals surface area contributed by atoms with Gasteiger partial charge in [-0.3, -0.25) is 14.2 Å². The largest absolute Gasteiger partial charge is 0.495 e. The van der Waals surface area contributed by atoms with E-state index in [0.717, 1.165) is 0 Å². The molecular weight excluding hydrogens is 408 g/mol. The predicted molar refractivity (Wildman–Crippen MR) is 113 cm³/mol. The molecule has 4 rings (SSSR count). The van der Waals surface area contributed by atoms with E-state index >= 15 is 0 Å². The van der Waals surface area contributed by atoms with Crippen LogP contribution in [0.1, 0.15) is 6.42 Å². The van der Waals surface area contributed by atoms with Crippen molar-refractivity contribution in [3.8, 4) is 17.0 Å². The summed E-state index contributed by atoms with van der Waals surface area (Å²) < 4.78 is 11.8. The zero-order valence-electron chi connectivity index (χ0n) is 16.0. The standard InChI is InChI=1S/C21H17ClN4O4/c1-29-16-9-5-4-8-15(16)24-17(27)10-11-26-12-23-20-18(21(26)28)19(25-30-20)13-6-2-3-7-14(13)22/h2-9,12H,10-11H2,1H3,(H,24,27). The maximum Gasteiger partial charge on any atom is 0.266 e. The molecule has 2 heterocycles. The second-order valence-electron chi connectivity index (χ2n) is 6.43. The van der Waals surface area contributed by atoms with Crippen molar-refractivity contribution in [3.05, 3.63) is 70.2 Å². The fraction of sp³-hybridized carbons (Fsp3) is 0.143. The molecular formula is C21H17ClN4O4. The summed E-state index contributed by atoms with van der Waals surface area (Å²) in [6.07, 6.45) is 1.40. The lowest BCUT2D eigenvalue weighted by atomic mass is 10.1. The number of nitrogens with one attached hydrogen (secondary N) is 1. The Bertz CT molecular complexity index is 1280. The van der Waals surface area contributed by atoms with Crippen molar-refractivity contribution in [2.45, 2.75) is 13.0 Å². The summed E-state index contributed by atoms with van der Waals surface area (Å²) in [6, 6.07) is 14.1. The summed E-state index contributed by atoms with van der Waals surface area (Å²) in [5.74, 6) is 0.295. The van der Waals surface area contributed by atoms with Gasteiger partial charge in [0.05, 0.1) is 17.8 Å². The molecule has 0 saturated heterocycles. The quantitative estimate of drug-likeness (QED) is 0.506. The van der Waals surface area contributed by atoms with E-state index in [4.69, 9.17) is 20.9 Å². The number of amides is 1. The van der Waals surface area contributed by atoms with Crippen LogP contribution in [-0.4, -0.2) is 27.7 Å². The molecule has 0 spiro atoms. The Morgan fingerprint density at radius 2 is 1.97 bits per heavy atom. The summed E-state index contributed by atoms with van der Waals surface area (Å²) >= 11 is 6.24. The third kappa shape index (κ3) is 3.77. The average Bonchev–Trinajstić information content (AvgIpc) is 3.19. The van der Waals surface area contributed by atoms with Crippen molar-refractivity contribution in [1.82, 2.24) is 14.7 Å². The van der Waals surface area contributed by atoms with Gasteiger partial charge in [0, 0.05) is 18.5 Å². The van der Waals surface area contributed by atoms with Crippen molar-refractivity contribution in [1.29, 1.82) is 0 Å². The van der Waals surface area contributed by atoms with Gasteiger partial charge in [-0.25, -0.2) is 4.98 Å². The van der Waals surface area contributed by atoms with Crippen molar-refractivity contribution in [3.63, 3.8) is 0 Å². The SMILES string of the molecule is COc1ccccc1NC(=O)CCn1cnc2onc(-c3ccccc3Cl)c2c1=O. The fourth-order valence-electron chi connectivity index (χ4n) is 3.06. The Hall–Kier alpha value is -3.65. The van der Waals surface area contributed by atoms with E-state index in [9.17, 15) is 9.59 Å². The summed E-state index contributed by atoms with van der Waals surface area (Å²) in [7, 11) is 1.53. The first-order chi connectivity index (χ1) is 14.6. The van der Waals surface area contributed by atoms with Gasteiger partial charge < -0.3 is 14.6 Å². The highest BCUT2D eigenvalue weighted by Crippen LogP contribution is 2.30. The van der Waals surface area contributed by atoms with E-state index < -0.39 is 0 Å². The summed E-state index contributed by atoms with van der Waals surface area (Å²) in [5.41, 5.74) is 1.21. The number of anilines is 1. The van der Waals surface area contributed by atoms with Crippen LogP contribution in [0.5, 0.6) is 5.75 Å². The predicted octanol–water partition coefficient (Wildman–Crippen LogP) is 3.74. The van der Waals surface area contributed by atoms with Crippen LogP contribution in [0.15, 0.2) is 64.2 Å². The zero-order chi connectivity index (χ0) is 21.1. The van der Waals surface area contributed by atoms with Crippen molar-refractivity contribution in [2.75, 3.05) is 12.4 Å². The van der Waals surface area contributed by atoms with Gasteiger partial charge in [-0.05, 0) is 18.2 Å². The van der Waals surface area contributed by atoms with Gasteiger partial charge in [0.15, 0.2) is 0 Å². The number of aryl methyl sites for hydroxylation is 1. The molecule has 152 valence electrons. The van der Waals surface area contributed by atoms with Crippen LogP contribution in [-0.2, 0) is 11.3 Å². The highest BCUT2D eigenvalue weighted by atomic mass is 35.5. The molecule has 30 heavy (non-hydrogen) atoms. The van der Waals surface area contributed by atoms with Crippen LogP contribution >= 0.6 is 11.6 Å². The number of ether oxygens (including phenoxy) is 1. The van der Waals surface area contributed by atoms with Crippen LogP contribution in [0, 0.1) is 0 Å². The van der Waals surface area contributed by atoms with Gasteiger partial charge in [-0.1, -0.05) is 47.1 Å². The third-order valence-corrected chi connectivity index (χ3v) is 4.88. The lowest BCUT2D eigenvalue weighted by molar-refractivity contribution is -0.116. The number of aromatic nitrogens is 3. The molecule has 2 aromatic heterocycles. The normalized spacial score (nSPS) is 10.9. The van der Waals surface area contributed by atoms with Crippen LogP contribution in [0.25, 0.3) is 22.4 Å². The van der Waals surface area contributed by atoms with E-state index in [1.54, 1.807) is 42.5 Å². The number of methoxy groups -OCH3 is 1. The minimum Gasteiger partial charge on any atom is -0.495 e. The van der Waals surface area contributed by atoms with Gasteiger partial charge in [0.2, 0.25) is 5.91 Å². The van der Waals surface area contributed by atoms with Crippen LogP contribution in [0.4, 0.5) is 5.69 Å². The highest BCUT2D eigenvalue weighted by molar-refractivity contribution is 6.33. The second kappa shape index (κ2) is 8.38. The Morgan fingerprint density at radius 1 is 1.20 bits per heavy atom. The number of carbonyl (C=O) groups excluding carboxylic acids is 1. The molecule has 9 heteroatoms. The molecule has 0 aliphatic carbocycles. The Kier molecular flexibility index (Phi) is 5.49. The molecule has 0 saturated carbocycles. The highest BCUT2D eigenvalue weighted by Gasteiger charge is 2.19. The molecule has 0 unspecified atom stereocenters. The molecule has 2 aromatic carbocycles. The molecule has 0 aliphatic heterocycles. The van der Waals surface area contributed by atoms with Crippen molar-refractivity contribution >= 4 is 34.3 Å². The summed E-state index contributed by atoms with van der Waals surface area (Å²) in [6.45, 7) is 0.135. The van der Waals surface area contributed by atoms with Crippen LogP contribution in [0.2, 0.25) is 5.02 Å². The smallest absolute Gasteiger partial charge is 0.266 e. The molecule has 0 aliphatic rings. The molecule has 0 atom stereocenters. The third-order valence-electron chi connectivity index (χ3n) is 4.55. The molecule has 8 nitrogen and oxygen atoms in total.